The second-order valence-corrected chi connectivity index (χ2v) is 8.52. The molecular weight excluding hydrogens is 475 g/mol. The summed E-state index contributed by atoms with van der Waals surface area (Å²) in [6, 6.07) is 9.16. The zero-order chi connectivity index (χ0) is 26.6. The highest BCUT2D eigenvalue weighted by molar-refractivity contribution is 6.00. The van der Waals surface area contributed by atoms with Crippen molar-refractivity contribution in [3.8, 4) is 16.9 Å². The molecule has 190 valence electrons. The fourth-order valence-corrected chi connectivity index (χ4v) is 4.12. The van der Waals surface area contributed by atoms with Gasteiger partial charge in [0.2, 0.25) is 0 Å². The van der Waals surface area contributed by atoms with E-state index in [1.807, 2.05) is 13.8 Å². The normalized spacial score (nSPS) is 19.8. The predicted octanol–water partition coefficient (Wildman–Crippen LogP) is 5.10. The molecule has 3 rings (SSSR count). The maximum absolute atomic E-state index is 13.3. The van der Waals surface area contributed by atoms with E-state index >= 15 is 0 Å². The van der Waals surface area contributed by atoms with E-state index in [-0.39, 0.29) is 29.7 Å². The lowest BCUT2D eigenvalue weighted by Crippen LogP contribution is -2.39. The monoisotopic (exact) mass is 501 g/mol. The van der Waals surface area contributed by atoms with E-state index in [0.717, 1.165) is 18.2 Å². The van der Waals surface area contributed by atoms with Gasteiger partial charge in [-0.05, 0) is 66.1 Å². The number of rotatable bonds is 6. The molecule has 1 heterocycles. The standard InChI is InChI=1S/C25H26F3N5O3/c1-14-15(2)33(13-20(14)31-22(29)10-11-23(30)32-35)24(34)17-6-9-19(21(12-17)36-3)16-4-7-18(8-5-16)25(26,27)28/h4-12,14-15,20,30H,13H2,1-3H3,(H2,29,31)/b11-10-,30-23?/t14-,15+,20+/m0/s1. The summed E-state index contributed by atoms with van der Waals surface area (Å²) >= 11 is 0. The molecule has 3 atom stereocenters. The fourth-order valence-electron chi connectivity index (χ4n) is 4.12. The van der Waals surface area contributed by atoms with Gasteiger partial charge in [-0.3, -0.25) is 15.6 Å². The topological polar surface area (TPSA) is 119 Å². The lowest BCUT2D eigenvalue weighted by atomic mass is 9.99. The number of nitroso groups, excluding NO2 is 1. The lowest BCUT2D eigenvalue weighted by molar-refractivity contribution is -0.137. The van der Waals surface area contributed by atoms with E-state index in [2.05, 4.69) is 10.5 Å². The summed E-state index contributed by atoms with van der Waals surface area (Å²) in [6.45, 7) is 4.18. The molecule has 0 unspecified atom stereocenters. The van der Waals surface area contributed by atoms with Gasteiger partial charge in [0.05, 0.1) is 12.7 Å². The van der Waals surface area contributed by atoms with Crippen LogP contribution < -0.4 is 10.1 Å². The van der Waals surface area contributed by atoms with Crippen molar-refractivity contribution in [2.45, 2.75) is 32.1 Å². The molecule has 0 aromatic heterocycles. The van der Waals surface area contributed by atoms with Crippen LogP contribution in [-0.2, 0) is 6.18 Å². The average Bonchev–Trinajstić information content (AvgIpc) is 3.14. The minimum absolute atomic E-state index is 0.000312. The third-order valence-corrected chi connectivity index (χ3v) is 6.36. The number of benzene rings is 2. The number of hydrogen-bond acceptors (Lipinski definition) is 5. The molecule has 2 aromatic rings. The van der Waals surface area contributed by atoms with E-state index in [9.17, 15) is 22.9 Å². The van der Waals surface area contributed by atoms with Crippen molar-refractivity contribution in [2.75, 3.05) is 13.7 Å². The Morgan fingerprint density at radius 2 is 1.81 bits per heavy atom. The quantitative estimate of drug-likeness (QED) is 0.290. The molecule has 1 fully saturated rings. The Hall–Kier alpha value is -4.02. The zero-order valence-corrected chi connectivity index (χ0v) is 19.9. The third kappa shape index (κ3) is 5.78. The van der Waals surface area contributed by atoms with Gasteiger partial charge in [-0.2, -0.15) is 13.2 Å². The van der Waals surface area contributed by atoms with Gasteiger partial charge in [-0.15, -0.1) is 4.91 Å². The number of alkyl halides is 3. The second kappa shape index (κ2) is 10.7. The van der Waals surface area contributed by atoms with Gasteiger partial charge in [-0.1, -0.05) is 19.1 Å². The highest BCUT2D eigenvalue weighted by atomic mass is 19.4. The van der Waals surface area contributed by atoms with Gasteiger partial charge >= 0.3 is 6.18 Å². The Labute approximate surface area is 206 Å². The van der Waals surface area contributed by atoms with Crippen LogP contribution in [0.15, 0.2) is 59.8 Å². The molecule has 36 heavy (non-hydrogen) atoms. The summed E-state index contributed by atoms with van der Waals surface area (Å²) in [7, 11) is 1.43. The number of amidine groups is 2. The first kappa shape index (κ1) is 26.6. The summed E-state index contributed by atoms with van der Waals surface area (Å²) in [6.07, 6.45) is -2.06. The fraction of sp³-hybridized carbons (Fsp3) is 0.320. The van der Waals surface area contributed by atoms with Crippen LogP contribution in [0.4, 0.5) is 13.2 Å². The van der Waals surface area contributed by atoms with E-state index in [0.29, 0.717) is 29.0 Å². The van der Waals surface area contributed by atoms with E-state index in [4.69, 9.17) is 15.6 Å². The Bertz CT molecular complexity index is 1190. The molecular formula is C25H26F3N5O3. The van der Waals surface area contributed by atoms with Crippen molar-refractivity contribution in [3.05, 3.63) is 70.7 Å². The number of carbonyl (C=O) groups excluding carboxylic acids is 1. The Morgan fingerprint density at radius 3 is 2.39 bits per heavy atom. The zero-order valence-electron chi connectivity index (χ0n) is 19.9. The van der Waals surface area contributed by atoms with Gasteiger partial charge in [0, 0.05) is 29.8 Å². The van der Waals surface area contributed by atoms with Gasteiger partial charge in [-0.25, -0.2) is 0 Å². The van der Waals surface area contributed by atoms with Gasteiger partial charge in [0.15, 0.2) is 5.84 Å². The molecule has 0 spiro atoms. The van der Waals surface area contributed by atoms with Crippen LogP contribution in [0.5, 0.6) is 5.75 Å². The Kier molecular flexibility index (Phi) is 7.91. The van der Waals surface area contributed by atoms with Crippen molar-refractivity contribution in [1.29, 1.82) is 10.8 Å². The molecule has 11 heteroatoms. The molecule has 0 bridgehead atoms. The van der Waals surface area contributed by atoms with Crippen LogP contribution in [0.25, 0.3) is 11.1 Å². The number of methoxy groups -OCH3 is 1. The number of likely N-dealkylation sites (tertiary alicyclic amines) is 1. The first-order valence-electron chi connectivity index (χ1n) is 11.1. The van der Waals surface area contributed by atoms with E-state index in [1.165, 1.54) is 25.3 Å². The molecule has 0 radical (unpaired) electrons. The first-order valence-corrected chi connectivity index (χ1v) is 11.1. The molecule has 2 aromatic carbocycles. The largest absolute Gasteiger partial charge is 0.496 e. The van der Waals surface area contributed by atoms with Crippen molar-refractivity contribution < 1.29 is 22.7 Å². The van der Waals surface area contributed by atoms with Crippen molar-refractivity contribution >= 4 is 17.6 Å². The maximum atomic E-state index is 13.3. The number of amides is 1. The summed E-state index contributed by atoms with van der Waals surface area (Å²) in [5.74, 6) is -0.401. The minimum Gasteiger partial charge on any atom is -0.496 e. The van der Waals surface area contributed by atoms with Gasteiger partial charge in [0.1, 0.15) is 11.6 Å². The summed E-state index contributed by atoms with van der Waals surface area (Å²) < 4.78 is 44.1. The number of carbonyl (C=O) groups is 1. The highest BCUT2D eigenvalue weighted by Gasteiger charge is 2.39. The van der Waals surface area contributed by atoms with Crippen LogP contribution >= 0.6 is 0 Å². The molecule has 8 nitrogen and oxygen atoms in total. The Balaban J connectivity index is 1.78. The second-order valence-electron chi connectivity index (χ2n) is 8.52. The number of nitrogens with one attached hydrogen (secondary N) is 3. The summed E-state index contributed by atoms with van der Waals surface area (Å²) in [5, 5.41) is 20.7. The average molecular weight is 502 g/mol. The number of nitrogens with zero attached hydrogens (tertiary/aromatic N) is 2. The predicted molar refractivity (Wildman–Crippen MR) is 130 cm³/mol. The lowest BCUT2D eigenvalue weighted by Gasteiger charge is -2.23. The SMILES string of the molecule is COc1cc(C(=O)N2C[C@@H](NC(=N)/C=C\C(=N)N=O)[C@@H](C)[C@H]2C)ccc1-c1ccc(C(F)(F)F)cc1. The number of ether oxygens (including phenoxy) is 1. The number of halogens is 3. The van der Waals surface area contributed by atoms with Crippen molar-refractivity contribution in [1.82, 2.24) is 10.2 Å². The molecule has 1 aliphatic rings. The smallest absolute Gasteiger partial charge is 0.416 e. The van der Waals surface area contributed by atoms with E-state index < -0.39 is 17.6 Å². The van der Waals surface area contributed by atoms with Crippen molar-refractivity contribution in [2.24, 2.45) is 11.1 Å². The van der Waals surface area contributed by atoms with Crippen LogP contribution in [0.2, 0.25) is 0 Å². The summed E-state index contributed by atoms with van der Waals surface area (Å²) in [5.41, 5.74) is 0.693. The molecule has 1 aliphatic heterocycles. The minimum atomic E-state index is -4.43. The van der Waals surface area contributed by atoms with E-state index in [1.54, 1.807) is 23.1 Å². The summed E-state index contributed by atoms with van der Waals surface area (Å²) in [4.78, 5) is 25.3. The Morgan fingerprint density at radius 1 is 1.14 bits per heavy atom. The van der Waals surface area contributed by atoms with Gasteiger partial charge in [0.25, 0.3) is 5.91 Å². The van der Waals surface area contributed by atoms with Crippen LogP contribution in [0, 0.1) is 21.6 Å². The number of hydrogen-bond donors (Lipinski definition) is 3. The molecule has 1 amide bonds. The van der Waals surface area contributed by atoms with Crippen LogP contribution in [-0.4, -0.2) is 48.2 Å². The molecule has 3 N–H and O–H groups in total. The van der Waals surface area contributed by atoms with Crippen LogP contribution in [0.1, 0.15) is 29.8 Å². The maximum Gasteiger partial charge on any atom is 0.416 e. The van der Waals surface area contributed by atoms with Crippen molar-refractivity contribution in [3.63, 3.8) is 0 Å². The highest BCUT2D eigenvalue weighted by Crippen LogP contribution is 2.35. The first-order chi connectivity index (χ1) is 17.0. The van der Waals surface area contributed by atoms with Crippen LogP contribution in [0.3, 0.4) is 0 Å². The molecule has 0 saturated carbocycles. The molecule has 1 saturated heterocycles. The third-order valence-electron chi connectivity index (χ3n) is 6.36. The molecule has 0 aliphatic carbocycles. The van der Waals surface area contributed by atoms with Gasteiger partial charge < -0.3 is 15.0 Å².